The third-order valence-corrected chi connectivity index (χ3v) is 11.2. The van der Waals surface area contributed by atoms with E-state index in [0.717, 1.165) is 0 Å². The van der Waals surface area contributed by atoms with Crippen LogP contribution >= 0.6 is 23.5 Å². The highest BCUT2D eigenvalue weighted by Crippen LogP contribution is 2.75. The summed E-state index contributed by atoms with van der Waals surface area (Å²) >= 11 is 2.52. The molecular formula is C27H22F6N2S2+2. The number of halogens is 6. The van der Waals surface area contributed by atoms with Crippen LogP contribution in [0.1, 0.15) is 25.0 Å². The standard InChI is InChI=1S/C27H22F6N2S2/c1-23-17(13-19(36-23)15-5-9-34(3)10-6-15)21-22(26(30,31)27(32,33)25(21,28)29)18-14-20(37-24(18,23)2)16-7-11-35(4)12-8-16/h5-14H,1-4H3/q+2/t23-,24+. The molecule has 0 bridgehead atoms. The lowest BCUT2D eigenvalue weighted by molar-refractivity contribution is -0.671. The predicted octanol–water partition coefficient (Wildman–Crippen LogP) is 6.25. The van der Waals surface area contributed by atoms with Crippen LogP contribution < -0.4 is 9.13 Å². The van der Waals surface area contributed by atoms with E-state index < -0.39 is 38.4 Å². The third-order valence-electron chi connectivity index (χ3n) is 7.85. The maximum Gasteiger partial charge on any atom is 0.380 e. The number of fused-ring (bicyclic) bond motifs is 4. The minimum absolute atomic E-state index is 0.162. The molecule has 4 aliphatic rings. The Labute approximate surface area is 218 Å². The molecule has 2 aromatic rings. The molecule has 37 heavy (non-hydrogen) atoms. The monoisotopic (exact) mass is 552 g/mol. The molecule has 10 heteroatoms. The SMILES string of the molecule is C[n+]1ccc(C2=CC3=C4C(=C5C=C(c6cc[n+](C)cc6)S[C@@]5(C)[C@@]3(C)S2)C(F)(F)C(F)(F)C4(F)F)cc1. The molecule has 2 nitrogen and oxygen atoms in total. The zero-order valence-corrected chi connectivity index (χ0v) is 21.9. The summed E-state index contributed by atoms with van der Waals surface area (Å²) < 4.78 is 92.5. The second-order valence-electron chi connectivity index (χ2n) is 10.1. The van der Waals surface area contributed by atoms with Crippen LogP contribution in [0.2, 0.25) is 0 Å². The molecule has 0 saturated heterocycles. The lowest BCUT2D eigenvalue weighted by atomic mass is 9.71. The molecule has 6 rings (SSSR count). The molecule has 4 heterocycles. The van der Waals surface area contributed by atoms with E-state index in [2.05, 4.69) is 0 Å². The van der Waals surface area contributed by atoms with Crippen molar-refractivity contribution in [3.8, 4) is 0 Å². The van der Waals surface area contributed by atoms with E-state index in [1.807, 2.05) is 14.1 Å². The molecule has 2 atom stereocenters. The van der Waals surface area contributed by atoms with Gasteiger partial charge in [0.15, 0.2) is 24.8 Å². The number of pyridine rings is 2. The number of allylic oxidation sites excluding steroid dienone is 4. The van der Waals surface area contributed by atoms with Crippen molar-refractivity contribution in [3.05, 3.63) is 94.6 Å². The van der Waals surface area contributed by atoms with Crippen molar-refractivity contribution in [1.82, 2.24) is 0 Å². The van der Waals surface area contributed by atoms with Crippen LogP contribution in [-0.2, 0) is 14.1 Å². The fraction of sp³-hybridized carbons (Fsp3) is 0.333. The highest BCUT2D eigenvalue weighted by molar-refractivity contribution is 8.14. The van der Waals surface area contributed by atoms with Gasteiger partial charge in [-0.2, -0.15) is 26.3 Å². The van der Waals surface area contributed by atoms with Crippen molar-refractivity contribution in [1.29, 1.82) is 0 Å². The maximum absolute atomic E-state index is 15.4. The Morgan fingerprint density at radius 3 is 1.24 bits per heavy atom. The Hall–Kier alpha value is -2.46. The van der Waals surface area contributed by atoms with Gasteiger partial charge in [0.2, 0.25) is 0 Å². The van der Waals surface area contributed by atoms with Gasteiger partial charge >= 0.3 is 17.8 Å². The van der Waals surface area contributed by atoms with Crippen LogP contribution in [0.3, 0.4) is 0 Å². The fourth-order valence-electron chi connectivity index (χ4n) is 5.52. The molecule has 2 aromatic heterocycles. The number of rotatable bonds is 2. The molecule has 2 aliphatic heterocycles. The largest absolute Gasteiger partial charge is 0.380 e. The van der Waals surface area contributed by atoms with Gasteiger partial charge in [0, 0.05) is 45.2 Å². The second kappa shape index (κ2) is 7.34. The Balaban J connectivity index is 1.65. The number of thioether (sulfide) groups is 2. The van der Waals surface area contributed by atoms with Crippen LogP contribution in [-0.4, -0.2) is 27.3 Å². The smallest absolute Gasteiger partial charge is 0.208 e. The van der Waals surface area contributed by atoms with Crippen molar-refractivity contribution in [3.63, 3.8) is 0 Å². The highest BCUT2D eigenvalue weighted by atomic mass is 32.2. The van der Waals surface area contributed by atoms with Crippen molar-refractivity contribution in [2.75, 3.05) is 0 Å². The van der Waals surface area contributed by atoms with E-state index in [-0.39, 0.29) is 11.1 Å². The van der Waals surface area contributed by atoms with Gasteiger partial charge in [-0.25, -0.2) is 9.13 Å². The van der Waals surface area contributed by atoms with E-state index >= 15 is 17.6 Å². The van der Waals surface area contributed by atoms with Crippen LogP contribution in [0.25, 0.3) is 9.81 Å². The molecule has 0 unspecified atom stereocenters. The Bertz CT molecular complexity index is 1380. The minimum atomic E-state index is -5.56. The topological polar surface area (TPSA) is 7.76 Å². The van der Waals surface area contributed by atoms with E-state index in [1.165, 1.54) is 35.7 Å². The fourth-order valence-corrected chi connectivity index (χ4v) is 8.67. The van der Waals surface area contributed by atoms with Gasteiger partial charge in [-0.1, -0.05) is 0 Å². The van der Waals surface area contributed by atoms with Crippen molar-refractivity contribution >= 4 is 33.3 Å². The maximum atomic E-state index is 15.4. The number of hydrogen-bond acceptors (Lipinski definition) is 2. The van der Waals surface area contributed by atoms with E-state index in [9.17, 15) is 8.78 Å². The summed E-state index contributed by atoms with van der Waals surface area (Å²) in [4.78, 5) is 1.14. The van der Waals surface area contributed by atoms with E-state index in [1.54, 1.807) is 72.0 Å². The average Bonchev–Trinajstić information content (AvgIpc) is 3.40. The molecule has 2 aliphatic carbocycles. The highest BCUT2D eigenvalue weighted by Gasteiger charge is 2.84. The molecule has 0 amide bonds. The summed E-state index contributed by atoms with van der Waals surface area (Å²) in [6.45, 7) is 3.39. The number of aryl methyl sites for hydroxylation is 2. The van der Waals surface area contributed by atoms with Crippen LogP contribution in [0.5, 0.6) is 0 Å². The minimum Gasteiger partial charge on any atom is -0.208 e. The summed E-state index contributed by atoms with van der Waals surface area (Å²) in [5.41, 5.74) is -1.40. The predicted molar refractivity (Wildman–Crippen MR) is 132 cm³/mol. The first-order valence-electron chi connectivity index (χ1n) is 11.5. The van der Waals surface area contributed by atoms with E-state index in [4.69, 9.17) is 0 Å². The lowest BCUT2D eigenvalue weighted by Gasteiger charge is -2.47. The van der Waals surface area contributed by atoms with Crippen LogP contribution in [0.4, 0.5) is 26.3 Å². The Morgan fingerprint density at radius 1 is 0.595 bits per heavy atom. The van der Waals surface area contributed by atoms with Gasteiger partial charge in [-0.15, -0.1) is 23.5 Å². The second-order valence-corrected chi connectivity index (χ2v) is 13.0. The summed E-state index contributed by atoms with van der Waals surface area (Å²) in [7, 11) is 3.65. The normalized spacial score (nSPS) is 30.6. The molecule has 1 saturated carbocycles. The van der Waals surface area contributed by atoms with Gasteiger partial charge in [-0.05, 0) is 48.3 Å². The van der Waals surface area contributed by atoms with Gasteiger partial charge < -0.3 is 0 Å². The summed E-state index contributed by atoms with van der Waals surface area (Å²) in [6.07, 6.45) is 9.93. The Kier molecular flexibility index (Phi) is 4.93. The molecule has 0 radical (unpaired) electrons. The van der Waals surface area contributed by atoms with Gasteiger partial charge in [-0.3, -0.25) is 0 Å². The molecule has 0 N–H and O–H groups in total. The van der Waals surface area contributed by atoms with E-state index in [0.29, 0.717) is 20.9 Å². The van der Waals surface area contributed by atoms with Crippen LogP contribution in [0.15, 0.2) is 83.5 Å². The summed E-state index contributed by atoms with van der Waals surface area (Å²) in [5.74, 6) is -15.6. The average molecular weight is 553 g/mol. The molecule has 0 spiro atoms. The quantitative estimate of drug-likeness (QED) is 0.321. The van der Waals surface area contributed by atoms with Crippen LogP contribution in [0, 0.1) is 0 Å². The zero-order chi connectivity index (χ0) is 26.8. The zero-order valence-electron chi connectivity index (χ0n) is 20.3. The number of alkyl halides is 6. The number of aromatic nitrogens is 2. The number of nitrogens with zero attached hydrogens (tertiary/aromatic N) is 2. The summed E-state index contributed by atoms with van der Waals surface area (Å²) in [5, 5.41) is 0. The number of hydrogen-bond donors (Lipinski definition) is 0. The molecule has 1 fully saturated rings. The van der Waals surface area contributed by atoms with Crippen molar-refractivity contribution in [2.45, 2.75) is 41.1 Å². The van der Waals surface area contributed by atoms with Gasteiger partial charge in [0.05, 0.1) is 9.49 Å². The first-order valence-corrected chi connectivity index (χ1v) is 13.2. The van der Waals surface area contributed by atoms with Crippen molar-refractivity contribution < 1.29 is 35.5 Å². The first kappa shape index (κ1) is 24.9. The van der Waals surface area contributed by atoms with Gasteiger partial charge in [0.25, 0.3) is 0 Å². The molecular weight excluding hydrogens is 530 g/mol. The lowest BCUT2D eigenvalue weighted by Crippen LogP contribution is -2.48. The Morgan fingerprint density at radius 2 is 0.919 bits per heavy atom. The molecule has 0 aromatic carbocycles. The van der Waals surface area contributed by atoms with Gasteiger partial charge in [0.1, 0.15) is 14.1 Å². The third kappa shape index (κ3) is 2.94. The molecule has 192 valence electrons. The summed E-state index contributed by atoms with van der Waals surface area (Å²) in [6, 6.07) is 7.14. The first-order chi connectivity index (χ1) is 17.1. The van der Waals surface area contributed by atoms with Crippen molar-refractivity contribution in [2.24, 2.45) is 14.1 Å².